The molecule has 2 aromatic rings. The molecule has 0 spiro atoms. The Hall–Kier alpha value is -2.96. The first-order valence-corrected chi connectivity index (χ1v) is 8.50. The highest BCUT2D eigenvalue weighted by atomic mass is 16.5. The Morgan fingerprint density at radius 1 is 1.08 bits per heavy atom. The van der Waals surface area contributed by atoms with E-state index in [1.165, 1.54) is 0 Å². The van der Waals surface area contributed by atoms with E-state index in [2.05, 4.69) is 15.6 Å². The summed E-state index contributed by atoms with van der Waals surface area (Å²) in [5.74, 6) is -1.42. The van der Waals surface area contributed by atoms with Crippen LogP contribution in [0.4, 0.5) is 0 Å². The minimum absolute atomic E-state index is 0.147. The second kappa shape index (κ2) is 8.94. The minimum Gasteiger partial charge on any atom is -0.452 e. The third-order valence-electron chi connectivity index (χ3n) is 3.89. The number of pyridine rings is 1. The fourth-order valence-electron chi connectivity index (χ4n) is 2.59. The van der Waals surface area contributed by atoms with Gasteiger partial charge in [0.1, 0.15) is 0 Å². The molecule has 1 aromatic carbocycles. The first kappa shape index (κ1) is 19.4. The molecule has 7 heteroatoms. The van der Waals surface area contributed by atoms with Crippen LogP contribution in [0.1, 0.15) is 35.0 Å². The van der Waals surface area contributed by atoms with Gasteiger partial charge in [-0.15, -0.1) is 0 Å². The van der Waals surface area contributed by atoms with Crippen molar-refractivity contribution in [2.75, 3.05) is 19.7 Å². The van der Waals surface area contributed by atoms with Crippen molar-refractivity contribution in [1.29, 1.82) is 0 Å². The zero-order chi connectivity index (χ0) is 19.1. The van der Waals surface area contributed by atoms with Crippen molar-refractivity contribution in [3.63, 3.8) is 0 Å². The maximum absolute atomic E-state index is 12.4. The number of ether oxygens (including phenoxy) is 1. The number of esters is 1. The van der Waals surface area contributed by atoms with Gasteiger partial charge in [0, 0.05) is 11.9 Å². The summed E-state index contributed by atoms with van der Waals surface area (Å²) in [6.45, 7) is 5.44. The number of hydrogen-bond donors (Lipinski definition) is 2. The molecule has 0 fully saturated rings. The monoisotopic (exact) mass is 357 g/mol. The van der Waals surface area contributed by atoms with Gasteiger partial charge in [0.15, 0.2) is 6.61 Å². The lowest BCUT2D eigenvalue weighted by atomic mass is 10.0. The van der Waals surface area contributed by atoms with Crippen LogP contribution in [0.5, 0.6) is 0 Å². The lowest BCUT2D eigenvalue weighted by Crippen LogP contribution is -2.39. The van der Waals surface area contributed by atoms with Crippen LogP contribution in [0.2, 0.25) is 0 Å². The Labute approximate surface area is 152 Å². The highest BCUT2D eigenvalue weighted by molar-refractivity contribution is 5.99. The number of para-hydroxylation sites is 1. The number of nitrogens with zero attached hydrogens (tertiary/aromatic N) is 1. The van der Waals surface area contributed by atoms with Crippen molar-refractivity contribution in [2.45, 2.75) is 27.2 Å². The van der Waals surface area contributed by atoms with Crippen LogP contribution >= 0.6 is 0 Å². The van der Waals surface area contributed by atoms with E-state index in [0.29, 0.717) is 17.8 Å². The first-order chi connectivity index (χ1) is 12.4. The Balaban J connectivity index is 1.97. The van der Waals surface area contributed by atoms with Crippen LogP contribution in [-0.2, 0) is 14.3 Å². The van der Waals surface area contributed by atoms with E-state index < -0.39 is 18.5 Å². The number of benzene rings is 1. The number of carbonyl (C=O) groups is 3. The summed E-state index contributed by atoms with van der Waals surface area (Å²) in [6.07, 6.45) is 0.815. The molecular formula is C19H23N3O4. The molecule has 0 aliphatic carbocycles. The number of hydrogen-bond acceptors (Lipinski definition) is 5. The van der Waals surface area contributed by atoms with Gasteiger partial charge < -0.3 is 15.4 Å². The summed E-state index contributed by atoms with van der Waals surface area (Å²) in [4.78, 5) is 40.0. The lowest BCUT2D eigenvalue weighted by molar-refractivity contribution is -0.127. The smallest absolute Gasteiger partial charge is 0.340 e. The van der Waals surface area contributed by atoms with Crippen LogP contribution in [0.25, 0.3) is 10.9 Å². The second-order valence-corrected chi connectivity index (χ2v) is 5.92. The van der Waals surface area contributed by atoms with Gasteiger partial charge >= 0.3 is 5.97 Å². The Kier molecular flexibility index (Phi) is 6.66. The number of nitrogens with one attached hydrogen (secondary N) is 2. The van der Waals surface area contributed by atoms with Crippen molar-refractivity contribution in [1.82, 2.24) is 15.6 Å². The number of aryl methyl sites for hydroxylation is 2. The SMILES string of the molecule is CCCNC(=O)CNC(=O)COC(=O)c1c(C)nc2ccccc2c1C. The van der Waals surface area contributed by atoms with E-state index in [9.17, 15) is 14.4 Å². The van der Waals surface area contributed by atoms with Crippen LogP contribution in [-0.4, -0.2) is 42.5 Å². The highest BCUT2D eigenvalue weighted by Gasteiger charge is 2.18. The largest absolute Gasteiger partial charge is 0.452 e. The van der Waals surface area contributed by atoms with Crippen molar-refractivity contribution in [3.05, 3.63) is 41.1 Å². The van der Waals surface area contributed by atoms with Crippen LogP contribution in [0.15, 0.2) is 24.3 Å². The van der Waals surface area contributed by atoms with E-state index >= 15 is 0 Å². The molecule has 0 saturated carbocycles. The molecular weight excluding hydrogens is 334 g/mol. The maximum atomic E-state index is 12.4. The van der Waals surface area contributed by atoms with E-state index in [4.69, 9.17) is 4.74 Å². The molecule has 138 valence electrons. The third kappa shape index (κ3) is 4.78. The predicted molar refractivity (Wildman–Crippen MR) is 97.8 cm³/mol. The molecule has 0 unspecified atom stereocenters. The van der Waals surface area contributed by atoms with Gasteiger partial charge in [-0.1, -0.05) is 25.1 Å². The van der Waals surface area contributed by atoms with Gasteiger partial charge in [0.05, 0.1) is 23.3 Å². The summed E-state index contributed by atoms with van der Waals surface area (Å²) < 4.78 is 5.09. The number of amides is 2. The number of aromatic nitrogens is 1. The zero-order valence-corrected chi connectivity index (χ0v) is 15.2. The third-order valence-corrected chi connectivity index (χ3v) is 3.89. The topological polar surface area (TPSA) is 97.4 Å². The summed E-state index contributed by atoms with van der Waals surface area (Å²) in [6, 6.07) is 7.52. The lowest BCUT2D eigenvalue weighted by Gasteiger charge is -2.12. The summed E-state index contributed by atoms with van der Waals surface area (Å²) in [5, 5.41) is 5.92. The van der Waals surface area contributed by atoms with E-state index in [-0.39, 0.29) is 12.5 Å². The fraction of sp³-hybridized carbons (Fsp3) is 0.368. The van der Waals surface area contributed by atoms with Gasteiger partial charge in [-0.2, -0.15) is 0 Å². The standard InChI is InChI=1S/C19H23N3O4/c1-4-9-20-16(23)10-21-17(24)11-26-19(25)18-12(2)14-7-5-6-8-15(14)22-13(18)3/h5-8H,4,9-11H2,1-3H3,(H,20,23)(H,21,24). The Morgan fingerprint density at radius 3 is 2.54 bits per heavy atom. The molecule has 2 N–H and O–H groups in total. The molecule has 26 heavy (non-hydrogen) atoms. The molecule has 1 heterocycles. The number of rotatable bonds is 7. The average molecular weight is 357 g/mol. The van der Waals surface area contributed by atoms with E-state index in [1.54, 1.807) is 6.92 Å². The Morgan fingerprint density at radius 2 is 1.81 bits per heavy atom. The molecule has 1 aromatic heterocycles. The normalized spacial score (nSPS) is 10.4. The minimum atomic E-state index is -0.608. The average Bonchev–Trinajstić information content (AvgIpc) is 2.63. The molecule has 2 amide bonds. The van der Waals surface area contributed by atoms with Crippen molar-refractivity contribution < 1.29 is 19.1 Å². The fourth-order valence-corrected chi connectivity index (χ4v) is 2.59. The highest BCUT2D eigenvalue weighted by Crippen LogP contribution is 2.23. The van der Waals surface area contributed by atoms with Gasteiger partial charge in [-0.3, -0.25) is 14.6 Å². The quantitative estimate of drug-likeness (QED) is 0.735. The van der Waals surface area contributed by atoms with E-state index in [0.717, 1.165) is 22.9 Å². The zero-order valence-electron chi connectivity index (χ0n) is 15.2. The van der Waals surface area contributed by atoms with Crippen LogP contribution < -0.4 is 10.6 Å². The number of carbonyl (C=O) groups excluding carboxylic acids is 3. The molecule has 7 nitrogen and oxygen atoms in total. The van der Waals surface area contributed by atoms with Crippen molar-refractivity contribution in [3.8, 4) is 0 Å². The Bertz CT molecular complexity index is 833. The first-order valence-electron chi connectivity index (χ1n) is 8.50. The molecule has 0 saturated heterocycles. The van der Waals surface area contributed by atoms with Gasteiger partial charge in [0.25, 0.3) is 5.91 Å². The van der Waals surface area contributed by atoms with Gasteiger partial charge in [0.2, 0.25) is 5.91 Å². The number of fused-ring (bicyclic) bond motifs is 1. The molecule has 0 aliphatic rings. The summed E-state index contributed by atoms with van der Waals surface area (Å²) in [7, 11) is 0. The second-order valence-electron chi connectivity index (χ2n) is 5.92. The molecule has 0 aliphatic heterocycles. The molecule has 0 atom stereocenters. The maximum Gasteiger partial charge on any atom is 0.340 e. The van der Waals surface area contributed by atoms with Crippen LogP contribution in [0.3, 0.4) is 0 Å². The van der Waals surface area contributed by atoms with E-state index in [1.807, 2.05) is 38.1 Å². The molecule has 0 radical (unpaired) electrons. The predicted octanol–water partition coefficient (Wildman–Crippen LogP) is 1.65. The summed E-state index contributed by atoms with van der Waals surface area (Å²) in [5.41, 5.74) is 2.47. The van der Waals surface area contributed by atoms with Gasteiger partial charge in [-0.25, -0.2) is 4.79 Å². The molecule has 2 rings (SSSR count). The van der Waals surface area contributed by atoms with Crippen LogP contribution in [0, 0.1) is 13.8 Å². The summed E-state index contributed by atoms with van der Waals surface area (Å²) >= 11 is 0. The van der Waals surface area contributed by atoms with Crippen molar-refractivity contribution >= 4 is 28.7 Å². The van der Waals surface area contributed by atoms with Crippen molar-refractivity contribution in [2.24, 2.45) is 0 Å². The van der Waals surface area contributed by atoms with Gasteiger partial charge in [-0.05, 0) is 31.9 Å². The molecule has 0 bridgehead atoms.